The maximum absolute atomic E-state index is 12.2. The highest BCUT2D eigenvalue weighted by atomic mass is 79.9. The van der Waals surface area contributed by atoms with E-state index in [9.17, 15) is 5.21 Å². The average molecular weight is 269 g/mol. The van der Waals surface area contributed by atoms with E-state index >= 15 is 0 Å². The quantitative estimate of drug-likeness (QED) is 0.609. The van der Waals surface area contributed by atoms with Crippen molar-refractivity contribution in [2.45, 2.75) is 0 Å². The summed E-state index contributed by atoms with van der Waals surface area (Å²) in [6.07, 6.45) is 1.74. The molecule has 0 radical (unpaired) electrons. The second-order valence-electron chi connectivity index (χ2n) is 3.95. The fraction of sp³-hybridized carbons (Fsp3) is 0.273. The first-order valence-corrected chi connectivity index (χ1v) is 5.54. The molecule has 80 valence electrons. The van der Waals surface area contributed by atoms with Gasteiger partial charge >= 0.3 is 0 Å². The Balaban J connectivity index is 2.27. The van der Waals surface area contributed by atoms with Crippen LogP contribution in [-0.4, -0.2) is 25.5 Å². The number of quaternary nitrogens is 1. The normalized spacial score (nSPS) is 24.4. The number of halogens is 1. The van der Waals surface area contributed by atoms with Gasteiger partial charge in [0.05, 0.1) is 0 Å². The Morgan fingerprint density at radius 1 is 1.40 bits per heavy atom. The minimum Gasteiger partial charge on any atom is -0.622 e. The van der Waals surface area contributed by atoms with Crippen LogP contribution in [0.15, 0.2) is 40.6 Å². The van der Waals surface area contributed by atoms with Gasteiger partial charge in [0, 0.05) is 24.6 Å². The van der Waals surface area contributed by atoms with Gasteiger partial charge in [-0.25, -0.2) is 0 Å². The van der Waals surface area contributed by atoms with Gasteiger partial charge in [0.1, 0.15) is 24.1 Å². The van der Waals surface area contributed by atoms with E-state index in [4.69, 9.17) is 0 Å². The molecule has 0 fully saturated rings. The summed E-state index contributed by atoms with van der Waals surface area (Å²) in [5, 5.41) is 12.2. The Labute approximate surface area is 97.9 Å². The SMILES string of the molecule is CN(C)C1=C[N+]([O-])(c2cccc(Br)c2)C1. The van der Waals surface area contributed by atoms with Gasteiger partial charge in [-0.2, -0.15) is 0 Å². The molecule has 15 heavy (non-hydrogen) atoms. The monoisotopic (exact) mass is 268 g/mol. The number of rotatable bonds is 2. The van der Waals surface area contributed by atoms with Crippen molar-refractivity contribution in [2.75, 3.05) is 20.6 Å². The van der Waals surface area contributed by atoms with E-state index in [1.54, 1.807) is 6.20 Å². The topological polar surface area (TPSA) is 26.3 Å². The number of hydrogen-bond acceptors (Lipinski definition) is 2. The smallest absolute Gasteiger partial charge is 0.138 e. The van der Waals surface area contributed by atoms with Crippen LogP contribution in [0.5, 0.6) is 0 Å². The third-order valence-electron chi connectivity index (χ3n) is 2.57. The highest BCUT2D eigenvalue weighted by Crippen LogP contribution is 2.33. The van der Waals surface area contributed by atoms with Crippen LogP contribution in [0, 0.1) is 5.21 Å². The molecule has 1 aromatic rings. The van der Waals surface area contributed by atoms with Crippen LogP contribution in [0.2, 0.25) is 0 Å². The standard InChI is InChI=1S/C11H13BrN2O/c1-13(2)10-7-14(15,8-10)11-5-3-4-9(12)6-11/h3-7H,8H2,1-2H3. The van der Waals surface area contributed by atoms with Gasteiger partial charge in [0.25, 0.3) is 0 Å². The first kappa shape index (κ1) is 10.7. The molecule has 0 spiro atoms. The van der Waals surface area contributed by atoms with Gasteiger partial charge < -0.3 is 10.1 Å². The van der Waals surface area contributed by atoms with Gasteiger partial charge in [0.15, 0.2) is 0 Å². The summed E-state index contributed by atoms with van der Waals surface area (Å²) in [7, 11) is 3.91. The largest absolute Gasteiger partial charge is 0.622 e. The maximum atomic E-state index is 12.2. The highest BCUT2D eigenvalue weighted by Gasteiger charge is 2.31. The van der Waals surface area contributed by atoms with Crippen LogP contribution in [0.25, 0.3) is 0 Å². The minimum absolute atomic E-state index is 0.354. The molecule has 1 heterocycles. The fourth-order valence-electron chi connectivity index (χ4n) is 1.59. The predicted octanol–water partition coefficient (Wildman–Crippen LogP) is 2.67. The zero-order valence-corrected chi connectivity index (χ0v) is 10.4. The molecule has 0 N–H and O–H groups in total. The van der Waals surface area contributed by atoms with Crippen LogP contribution in [0.4, 0.5) is 5.69 Å². The molecule has 3 nitrogen and oxygen atoms in total. The minimum atomic E-state index is -0.354. The van der Waals surface area contributed by atoms with Crippen molar-refractivity contribution in [3.05, 3.63) is 45.8 Å². The van der Waals surface area contributed by atoms with Crippen molar-refractivity contribution in [1.29, 1.82) is 0 Å². The van der Waals surface area contributed by atoms with Crippen LogP contribution in [0.1, 0.15) is 0 Å². The number of hydrogen-bond donors (Lipinski definition) is 0. The molecule has 1 unspecified atom stereocenters. The molecule has 2 rings (SSSR count). The lowest BCUT2D eigenvalue weighted by atomic mass is 10.2. The molecule has 1 aliphatic rings. The molecular formula is C11H13BrN2O. The summed E-state index contributed by atoms with van der Waals surface area (Å²) >= 11 is 3.37. The van der Waals surface area contributed by atoms with Gasteiger partial charge in [-0.1, -0.05) is 22.0 Å². The summed E-state index contributed by atoms with van der Waals surface area (Å²) in [6, 6.07) is 7.54. The summed E-state index contributed by atoms with van der Waals surface area (Å²) in [5.41, 5.74) is 1.86. The summed E-state index contributed by atoms with van der Waals surface area (Å²) in [5.74, 6) is 0. The van der Waals surface area contributed by atoms with Crippen LogP contribution in [-0.2, 0) is 0 Å². The molecule has 1 atom stereocenters. The lowest BCUT2D eigenvalue weighted by Gasteiger charge is -2.47. The zero-order valence-electron chi connectivity index (χ0n) is 8.77. The van der Waals surface area contributed by atoms with Gasteiger partial charge in [-0.15, -0.1) is 0 Å². The third kappa shape index (κ3) is 1.93. The maximum Gasteiger partial charge on any atom is 0.138 e. The van der Waals surface area contributed by atoms with E-state index in [2.05, 4.69) is 15.9 Å². The number of benzene rings is 1. The third-order valence-corrected chi connectivity index (χ3v) is 3.07. The Kier molecular flexibility index (Phi) is 2.58. The van der Waals surface area contributed by atoms with E-state index in [1.807, 2.05) is 43.3 Å². The van der Waals surface area contributed by atoms with Crippen LogP contribution in [0.3, 0.4) is 0 Å². The molecule has 1 aromatic carbocycles. The van der Waals surface area contributed by atoms with Crippen molar-refractivity contribution in [3.8, 4) is 0 Å². The zero-order chi connectivity index (χ0) is 11.1. The Bertz CT molecular complexity index is 417. The molecule has 0 aliphatic carbocycles. The molecule has 0 bridgehead atoms. The molecule has 0 saturated carbocycles. The van der Waals surface area contributed by atoms with E-state index in [0.717, 1.165) is 15.9 Å². The van der Waals surface area contributed by atoms with E-state index < -0.39 is 0 Å². The summed E-state index contributed by atoms with van der Waals surface area (Å²) in [4.78, 5) is 1.98. The molecule has 0 aromatic heterocycles. The second-order valence-corrected chi connectivity index (χ2v) is 4.86. The van der Waals surface area contributed by atoms with Crippen molar-refractivity contribution in [3.63, 3.8) is 0 Å². The van der Waals surface area contributed by atoms with Crippen LogP contribution >= 0.6 is 15.9 Å². The summed E-state index contributed by atoms with van der Waals surface area (Å²) in [6.45, 7) is 0.517. The van der Waals surface area contributed by atoms with Crippen molar-refractivity contribution in [2.24, 2.45) is 0 Å². The Morgan fingerprint density at radius 2 is 2.07 bits per heavy atom. The molecule has 0 saturated heterocycles. The van der Waals surface area contributed by atoms with Gasteiger partial charge in [-0.3, -0.25) is 4.65 Å². The molecular weight excluding hydrogens is 256 g/mol. The van der Waals surface area contributed by atoms with Crippen molar-refractivity contribution < 1.29 is 0 Å². The predicted molar refractivity (Wildman–Crippen MR) is 65.9 cm³/mol. The lowest BCUT2D eigenvalue weighted by molar-refractivity contribution is 0.359. The van der Waals surface area contributed by atoms with E-state index in [-0.39, 0.29) is 4.65 Å². The lowest BCUT2D eigenvalue weighted by Crippen LogP contribution is -2.50. The molecule has 0 amide bonds. The molecule has 4 heteroatoms. The fourth-order valence-corrected chi connectivity index (χ4v) is 1.98. The number of nitrogens with zero attached hydrogens (tertiary/aromatic N) is 2. The first-order chi connectivity index (χ1) is 7.01. The van der Waals surface area contributed by atoms with E-state index in [1.165, 1.54) is 0 Å². The average Bonchev–Trinajstić information content (AvgIpc) is 2.12. The first-order valence-electron chi connectivity index (χ1n) is 4.75. The Morgan fingerprint density at radius 3 is 2.60 bits per heavy atom. The van der Waals surface area contributed by atoms with Crippen molar-refractivity contribution in [1.82, 2.24) is 9.55 Å². The van der Waals surface area contributed by atoms with E-state index in [0.29, 0.717) is 6.54 Å². The summed E-state index contributed by atoms with van der Waals surface area (Å²) < 4.78 is 0.590. The van der Waals surface area contributed by atoms with Crippen molar-refractivity contribution >= 4 is 21.6 Å². The second kappa shape index (κ2) is 3.63. The molecule has 1 aliphatic heterocycles. The number of likely N-dealkylation sites (N-methyl/N-ethyl adjacent to an activating group) is 1. The Hall–Kier alpha value is -0.840. The van der Waals surface area contributed by atoms with Crippen LogP contribution < -0.4 is 4.65 Å². The highest BCUT2D eigenvalue weighted by molar-refractivity contribution is 9.10. The number of hydroxylamine groups is 2. The van der Waals surface area contributed by atoms with Gasteiger partial charge in [0.2, 0.25) is 0 Å². The van der Waals surface area contributed by atoms with Gasteiger partial charge in [-0.05, 0) is 12.1 Å².